The zero-order valence-corrected chi connectivity index (χ0v) is 17.6. The Morgan fingerprint density at radius 1 is 1.33 bits per heavy atom. The van der Waals surface area contributed by atoms with Crippen molar-refractivity contribution < 1.29 is 14.3 Å². The molecule has 2 rings (SSSR count). The molecule has 8 nitrogen and oxygen atoms in total. The van der Waals surface area contributed by atoms with Crippen LogP contribution < -0.4 is 16.0 Å². The number of aryl methyl sites for hydroxylation is 2. The van der Waals surface area contributed by atoms with Crippen LogP contribution >= 0.6 is 0 Å². The van der Waals surface area contributed by atoms with Gasteiger partial charge in [-0.1, -0.05) is 19.8 Å². The fourth-order valence-corrected chi connectivity index (χ4v) is 2.96. The van der Waals surface area contributed by atoms with Gasteiger partial charge in [0.1, 0.15) is 6.07 Å². The molecule has 160 valence electrons. The molecule has 0 radical (unpaired) electrons. The largest absolute Gasteiger partial charge is 0.465 e. The van der Waals surface area contributed by atoms with Crippen LogP contribution in [-0.4, -0.2) is 33.3 Å². The van der Waals surface area contributed by atoms with Gasteiger partial charge in [0.15, 0.2) is 17.5 Å². The number of amides is 1. The number of anilines is 3. The van der Waals surface area contributed by atoms with Crippen molar-refractivity contribution in [3.8, 4) is 6.07 Å². The molecule has 0 aliphatic rings. The van der Waals surface area contributed by atoms with E-state index in [1.165, 1.54) is 0 Å². The number of nitrogens with zero attached hydrogens (tertiary/aromatic N) is 3. The van der Waals surface area contributed by atoms with Crippen molar-refractivity contribution in [2.45, 2.75) is 59.0 Å². The SMILES string of the molecule is CCCC[C@@H](Nc1nc(Nc2cnc(C)c(C)c2)c(C#N)cc1F)[C@H](C)NC(=O)O. The fraction of sp³-hybridized carbons (Fsp3) is 0.429. The number of hydrogen-bond donors (Lipinski definition) is 4. The predicted octanol–water partition coefficient (Wildman–Crippen LogP) is 4.47. The molecule has 4 N–H and O–H groups in total. The number of carbonyl (C=O) groups is 1. The summed E-state index contributed by atoms with van der Waals surface area (Å²) in [5.74, 6) is -0.535. The Hall–Kier alpha value is -3.41. The molecule has 2 atom stereocenters. The van der Waals surface area contributed by atoms with E-state index in [9.17, 15) is 14.4 Å². The summed E-state index contributed by atoms with van der Waals surface area (Å²) in [4.78, 5) is 19.6. The van der Waals surface area contributed by atoms with Crippen molar-refractivity contribution in [3.05, 3.63) is 41.0 Å². The molecule has 9 heteroatoms. The number of hydrogen-bond acceptors (Lipinski definition) is 6. The van der Waals surface area contributed by atoms with Gasteiger partial charge in [-0.2, -0.15) is 5.26 Å². The topological polar surface area (TPSA) is 123 Å². The zero-order chi connectivity index (χ0) is 22.3. The second-order valence-electron chi connectivity index (χ2n) is 7.21. The first-order chi connectivity index (χ1) is 14.2. The number of rotatable bonds is 9. The van der Waals surface area contributed by atoms with E-state index in [4.69, 9.17) is 5.11 Å². The minimum atomic E-state index is -1.15. The highest BCUT2D eigenvalue weighted by Gasteiger charge is 2.22. The van der Waals surface area contributed by atoms with Gasteiger partial charge in [-0.05, 0) is 44.9 Å². The number of aromatic nitrogens is 2. The zero-order valence-electron chi connectivity index (χ0n) is 17.6. The maximum absolute atomic E-state index is 14.6. The monoisotopic (exact) mass is 414 g/mol. The third kappa shape index (κ3) is 6.04. The molecule has 0 saturated heterocycles. The standard InChI is InChI=1S/C21H27FN6O2/c1-5-6-7-18(14(4)25-21(29)30)27-20-17(22)9-15(10-23)19(28-20)26-16-8-12(2)13(3)24-11-16/h8-9,11,14,18,25H,5-7H2,1-4H3,(H,29,30)(H2,26,27,28)/t14-,18+/m0/s1. The Labute approximate surface area is 175 Å². The number of nitriles is 1. The van der Waals surface area contributed by atoms with Crippen LogP contribution in [0.5, 0.6) is 0 Å². The lowest BCUT2D eigenvalue weighted by Crippen LogP contribution is -2.44. The van der Waals surface area contributed by atoms with Gasteiger partial charge in [0.25, 0.3) is 0 Å². The molecule has 2 aromatic heterocycles. The molecule has 0 bridgehead atoms. The van der Waals surface area contributed by atoms with Gasteiger partial charge in [0, 0.05) is 17.8 Å². The number of unbranched alkanes of at least 4 members (excludes halogenated alkanes) is 1. The molecule has 0 aliphatic carbocycles. The first kappa shape index (κ1) is 22.9. The third-order valence-corrected chi connectivity index (χ3v) is 4.84. The molecule has 1 amide bonds. The number of nitrogens with one attached hydrogen (secondary N) is 3. The second-order valence-corrected chi connectivity index (χ2v) is 7.21. The maximum atomic E-state index is 14.6. The van der Waals surface area contributed by atoms with Crippen LogP contribution in [0.4, 0.5) is 26.5 Å². The molecule has 0 fully saturated rings. The van der Waals surface area contributed by atoms with Crippen molar-refractivity contribution in [1.29, 1.82) is 5.26 Å². The highest BCUT2D eigenvalue weighted by atomic mass is 19.1. The summed E-state index contributed by atoms with van der Waals surface area (Å²) in [7, 11) is 0. The smallest absolute Gasteiger partial charge is 0.404 e. The van der Waals surface area contributed by atoms with E-state index in [-0.39, 0.29) is 23.2 Å². The summed E-state index contributed by atoms with van der Waals surface area (Å²) < 4.78 is 14.6. The van der Waals surface area contributed by atoms with Gasteiger partial charge in [-0.3, -0.25) is 4.98 Å². The predicted molar refractivity (Wildman–Crippen MR) is 113 cm³/mol. The van der Waals surface area contributed by atoms with Crippen LogP contribution in [0.3, 0.4) is 0 Å². The molecule has 30 heavy (non-hydrogen) atoms. The van der Waals surface area contributed by atoms with Crippen LogP contribution in [0, 0.1) is 31.0 Å². The Balaban J connectivity index is 2.34. The lowest BCUT2D eigenvalue weighted by molar-refractivity contribution is 0.189. The molecule has 0 spiro atoms. The second kappa shape index (κ2) is 10.4. The van der Waals surface area contributed by atoms with Crippen molar-refractivity contribution >= 4 is 23.4 Å². The normalized spacial score (nSPS) is 12.5. The van der Waals surface area contributed by atoms with E-state index >= 15 is 0 Å². The Morgan fingerprint density at radius 2 is 2.07 bits per heavy atom. The van der Waals surface area contributed by atoms with Gasteiger partial charge >= 0.3 is 6.09 Å². The highest BCUT2D eigenvalue weighted by Crippen LogP contribution is 2.25. The van der Waals surface area contributed by atoms with Gasteiger partial charge in [-0.25, -0.2) is 14.2 Å². The van der Waals surface area contributed by atoms with Crippen LogP contribution in [0.1, 0.15) is 49.9 Å². The van der Waals surface area contributed by atoms with E-state index in [1.807, 2.05) is 32.9 Å². The molecule has 2 aromatic rings. The van der Waals surface area contributed by atoms with Crippen molar-refractivity contribution in [2.24, 2.45) is 0 Å². The third-order valence-electron chi connectivity index (χ3n) is 4.84. The fourth-order valence-electron chi connectivity index (χ4n) is 2.96. The summed E-state index contributed by atoms with van der Waals surface area (Å²) in [6, 6.07) is 4.08. The quantitative estimate of drug-likeness (QED) is 0.477. The van der Waals surface area contributed by atoms with Gasteiger partial charge < -0.3 is 21.1 Å². The van der Waals surface area contributed by atoms with E-state index in [2.05, 4.69) is 25.9 Å². The van der Waals surface area contributed by atoms with Crippen molar-refractivity contribution in [3.63, 3.8) is 0 Å². The first-order valence-corrected chi connectivity index (χ1v) is 9.82. The van der Waals surface area contributed by atoms with Crippen LogP contribution in [0.25, 0.3) is 0 Å². The minimum absolute atomic E-state index is 0.0477. The number of pyridine rings is 2. The average molecular weight is 414 g/mol. The summed E-state index contributed by atoms with van der Waals surface area (Å²) in [6.45, 7) is 7.54. The van der Waals surface area contributed by atoms with Crippen LogP contribution in [-0.2, 0) is 0 Å². The van der Waals surface area contributed by atoms with Gasteiger partial charge in [0.2, 0.25) is 0 Å². The average Bonchev–Trinajstić information content (AvgIpc) is 2.69. The summed E-state index contributed by atoms with van der Waals surface area (Å²) in [6.07, 6.45) is 2.84. The Morgan fingerprint density at radius 3 is 2.67 bits per heavy atom. The molecule has 0 unspecified atom stereocenters. The molecule has 0 aromatic carbocycles. The number of carboxylic acid groups (broad SMARTS) is 1. The van der Waals surface area contributed by atoms with E-state index in [0.717, 1.165) is 30.2 Å². The van der Waals surface area contributed by atoms with E-state index in [1.54, 1.807) is 13.1 Å². The molecular weight excluding hydrogens is 387 g/mol. The van der Waals surface area contributed by atoms with Crippen LogP contribution in [0.2, 0.25) is 0 Å². The molecule has 2 heterocycles. The van der Waals surface area contributed by atoms with E-state index in [0.29, 0.717) is 12.1 Å². The number of halogens is 1. The molecule has 0 aliphatic heterocycles. The maximum Gasteiger partial charge on any atom is 0.404 e. The summed E-state index contributed by atoms with van der Waals surface area (Å²) >= 11 is 0. The van der Waals surface area contributed by atoms with Crippen LogP contribution in [0.15, 0.2) is 18.3 Å². The van der Waals surface area contributed by atoms with Gasteiger partial charge in [0.05, 0.1) is 17.4 Å². The Kier molecular flexibility index (Phi) is 7.92. The van der Waals surface area contributed by atoms with E-state index < -0.39 is 18.0 Å². The highest BCUT2D eigenvalue weighted by molar-refractivity contribution is 5.66. The summed E-state index contributed by atoms with van der Waals surface area (Å²) in [5, 5.41) is 26.8. The Bertz CT molecular complexity index is 944. The summed E-state index contributed by atoms with van der Waals surface area (Å²) in [5.41, 5.74) is 2.53. The van der Waals surface area contributed by atoms with Gasteiger partial charge in [-0.15, -0.1) is 0 Å². The molecular formula is C21H27FN6O2. The van der Waals surface area contributed by atoms with Crippen molar-refractivity contribution in [1.82, 2.24) is 15.3 Å². The van der Waals surface area contributed by atoms with Crippen molar-refractivity contribution in [2.75, 3.05) is 10.6 Å². The minimum Gasteiger partial charge on any atom is -0.465 e. The lowest BCUT2D eigenvalue weighted by Gasteiger charge is -2.26. The molecule has 0 saturated carbocycles. The lowest BCUT2D eigenvalue weighted by atomic mass is 10.0. The first-order valence-electron chi connectivity index (χ1n) is 9.82.